The van der Waals surface area contributed by atoms with Crippen LogP contribution in [0.25, 0.3) is 0 Å². The lowest BCUT2D eigenvalue weighted by molar-refractivity contribution is -0.130. The van der Waals surface area contributed by atoms with E-state index in [1.165, 1.54) is 0 Å². The number of nitrogens with one attached hydrogen (secondary N) is 2. The van der Waals surface area contributed by atoms with Crippen LogP contribution in [0.2, 0.25) is 0 Å². The maximum Gasteiger partial charge on any atom is 0.224 e. The summed E-state index contributed by atoms with van der Waals surface area (Å²) in [6, 6.07) is 17.8. The van der Waals surface area contributed by atoms with Gasteiger partial charge in [-0.15, -0.1) is 24.0 Å². The first kappa shape index (κ1) is 24.7. The molecule has 0 bridgehead atoms. The normalized spacial score (nSPS) is 10.7. The molecule has 0 radical (unpaired) electrons. The molecule has 0 atom stereocenters. The topological polar surface area (TPSA) is 66.0 Å². The molecule has 6 nitrogen and oxygen atoms in total. The number of halogens is 1. The second kappa shape index (κ2) is 13.8. The van der Waals surface area contributed by atoms with E-state index in [1.807, 2.05) is 68.6 Å². The predicted octanol–water partition coefficient (Wildman–Crippen LogP) is 3.42. The van der Waals surface area contributed by atoms with Gasteiger partial charge >= 0.3 is 0 Å². The monoisotopic (exact) mass is 510 g/mol. The van der Waals surface area contributed by atoms with Gasteiger partial charge in [-0.25, -0.2) is 4.99 Å². The van der Waals surface area contributed by atoms with Gasteiger partial charge in [-0.05, 0) is 30.2 Å². The average molecular weight is 510 g/mol. The molecule has 0 aliphatic heterocycles. The van der Waals surface area contributed by atoms with E-state index in [0.717, 1.165) is 23.4 Å². The summed E-state index contributed by atoms with van der Waals surface area (Å²) >= 11 is 0. The van der Waals surface area contributed by atoms with Gasteiger partial charge in [-0.2, -0.15) is 0 Å². The average Bonchev–Trinajstić information content (AvgIpc) is 2.73. The number of rotatable bonds is 9. The molecule has 0 aliphatic rings. The molecule has 7 heteroatoms. The first-order valence-electron chi connectivity index (χ1n) is 9.55. The van der Waals surface area contributed by atoms with Gasteiger partial charge in [0.05, 0.1) is 13.7 Å². The van der Waals surface area contributed by atoms with Crippen molar-refractivity contribution in [3.05, 3.63) is 65.7 Å². The maximum atomic E-state index is 12.3. The Morgan fingerprint density at radius 1 is 1.03 bits per heavy atom. The van der Waals surface area contributed by atoms with E-state index in [0.29, 0.717) is 32.0 Å². The Morgan fingerprint density at radius 2 is 1.72 bits per heavy atom. The zero-order valence-electron chi connectivity index (χ0n) is 17.4. The van der Waals surface area contributed by atoms with E-state index in [-0.39, 0.29) is 29.9 Å². The largest absolute Gasteiger partial charge is 0.497 e. The lowest BCUT2D eigenvalue weighted by Gasteiger charge is -2.18. The number of carbonyl (C=O) groups is 1. The highest BCUT2D eigenvalue weighted by atomic mass is 127. The van der Waals surface area contributed by atoms with Crippen molar-refractivity contribution in [1.82, 2.24) is 15.5 Å². The summed E-state index contributed by atoms with van der Waals surface area (Å²) in [6.07, 6.45) is 0.413. The molecule has 1 amide bonds. The molecule has 2 aromatic carbocycles. The van der Waals surface area contributed by atoms with Crippen LogP contribution in [0.15, 0.2) is 59.6 Å². The van der Waals surface area contributed by atoms with Crippen molar-refractivity contribution in [1.29, 1.82) is 0 Å². The Kier molecular flexibility index (Phi) is 11.8. The third kappa shape index (κ3) is 9.17. The number of methoxy groups -OCH3 is 1. The molecule has 0 heterocycles. The summed E-state index contributed by atoms with van der Waals surface area (Å²) in [4.78, 5) is 18.7. The Morgan fingerprint density at radius 3 is 2.34 bits per heavy atom. The van der Waals surface area contributed by atoms with Gasteiger partial charge in [-0.3, -0.25) is 4.79 Å². The Balaban J connectivity index is 0.00000420. The number of guanidine groups is 1. The summed E-state index contributed by atoms with van der Waals surface area (Å²) in [5, 5.41) is 6.44. The van der Waals surface area contributed by atoms with E-state index in [9.17, 15) is 4.79 Å². The van der Waals surface area contributed by atoms with Crippen molar-refractivity contribution in [3.63, 3.8) is 0 Å². The van der Waals surface area contributed by atoms with Crippen LogP contribution in [-0.2, 0) is 17.9 Å². The first-order valence-corrected chi connectivity index (χ1v) is 9.55. The minimum Gasteiger partial charge on any atom is -0.497 e. The zero-order valence-corrected chi connectivity index (χ0v) is 19.7. The number of benzene rings is 2. The van der Waals surface area contributed by atoms with Crippen LogP contribution in [0.4, 0.5) is 0 Å². The minimum absolute atomic E-state index is 0. The molecule has 0 unspecified atom stereocenters. The van der Waals surface area contributed by atoms with E-state index < -0.39 is 0 Å². The summed E-state index contributed by atoms with van der Waals surface area (Å²) in [5.41, 5.74) is 2.22. The van der Waals surface area contributed by atoms with Crippen molar-refractivity contribution >= 4 is 35.8 Å². The molecule has 2 aromatic rings. The molecule has 2 rings (SSSR count). The predicted molar refractivity (Wildman–Crippen MR) is 129 cm³/mol. The molecule has 2 N–H and O–H groups in total. The minimum atomic E-state index is 0. The number of ether oxygens (including phenoxy) is 1. The van der Waals surface area contributed by atoms with Crippen LogP contribution in [0.3, 0.4) is 0 Å². The highest BCUT2D eigenvalue weighted by Gasteiger charge is 2.09. The number of hydrogen-bond donors (Lipinski definition) is 2. The fourth-order valence-electron chi connectivity index (χ4n) is 2.67. The summed E-state index contributed by atoms with van der Waals surface area (Å²) < 4.78 is 5.17. The van der Waals surface area contributed by atoms with E-state index in [1.54, 1.807) is 12.0 Å². The van der Waals surface area contributed by atoms with Crippen LogP contribution in [0, 0.1) is 0 Å². The van der Waals surface area contributed by atoms with Gasteiger partial charge in [0.25, 0.3) is 0 Å². The standard InChI is InChI=1S/C22H30N4O2.HI/c1-4-23-22(25-16-18-10-12-20(28-3)13-11-18)24-15-14-21(27)26(2)17-19-8-6-5-7-9-19;/h5-13H,4,14-17H2,1-3H3,(H2,23,24,25);1H. The smallest absolute Gasteiger partial charge is 0.224 e. The summed E-state index contributed by atoms with van der Waals surface area (Å²) in [5.74, 6) is 1.63. The van der Waals surface area contributed by atoms with Crippen molar-refractivity contribution in [2.75, 3.05) is 27.2 Å². The number of hydrogen-bond acceptors (Lipinski definition) is 3. The quantitative estimate of drug-likeness (QED) is 0.308. The van der Waals surface area contributed by atoms with Gasteiger partial charge < -0.3 is 20.3 Å². The molecule has 0 fully saturated rings. The van der Waals surface area contributed by atoms with Crippen LogP contribution in [-0.4, -0.2) is 44.0 Å². The SMILES string of the molecule is CCNC(=NCc1ccc(OC)cc1)NCCC(=O)N(C)Cc1ccccc1.I. The molecule has 0 saturated heterocycles. The lowest BCUT2D eigenvalue weighted by Crippen LogP contribution is -2.39. The third-order valence-electron chi connectivity index (χ3n) is 4.24. The van der Waals surface area contributed by atoms with Crippen LogP contribution in [0.1, 0.15) is 24.5 Å². The number of nitrogens with zero attached hydrogens (tertiary/aromatic N) is 2. The molecule has 0 spiro atoms. The Hall–Kier alpha value is -2.29. The van der Waals surface area contributed by atoms with Crippen LogP contribution < -0.4 is 15.4 Å². The fraction of sp³-hybridized carbons (Fsp3) is 0.364. The van der Waals surface area contributed by atoms with Crippen molar-refractivity contribution in [3.8, 4) is 5.75 Å². The first-order chi connectivity index (χ1) is 13.6. The van der Waals surface area contributed by atoms with Crippen LogP contribution >= 0.6 is 24.0 Å². The molecule has 158 valence electrons. The maximum absolute atomic E-state index is 12.3. The molecule has 0 aliphatic carbocycles. The van der Waals surface area contributed by atoms with Gasteiger partial charge in [-0.1, -0.05) is 42.5 Å². The van der Waals surface area contributed by atoms with Gasteiger partial charge in [0.1, 0.15) is 5.75 Å². The second-order valence-corrected chi connectivity index (χ2v) is 6.46. The molecular formula is C22H31IN4O2. The number of carbonyl (C=O) groups excluding carboxylic acids is 1. The van der Waals surface area contributed by atoms with Crippen molar-refractivity contribution in [2.24, 2.45) is 4.99 Å². The van der Waals surface area contributed by atoms with Crippen LogP contribution in [0.5, 0.6) is 5.75 Å². The third-order valence-corrected chi connectivity index (χ3v) is 4.24. The lowest BCUT2D eigenvalue weighted by atomic mass is 10.2. The fourth-order valence-corrected chi connectivity index (χ4v) is 2.67. The Bertz CT molecular complexity index is 751. The zero-order chi connectivity index (χ0) is 20.2. The molecule has 0 saturated carbocycles. The molecule has 0 aromatic heterocycles. The van der Waals surface area contributed by atoms with E-state index >= 15 is 0 Å². The van der Waals surface area contributed by atoms with E-state index in [4.69, 9.17) is 4.74 Å². The Labute approximate surface area is 190 Å². The van der Waals surface area contributed by atoms with Gasteiger partial charge in [0.2, 0.25) is 5.91 Å². The summed E-state index contributed by atoms with van der Waals surface area (Å²) in [6.45, 7) is 4.48. The molecule has 29 heavy (non-hydrogen) atoms. The highest BCUT2D eigenvalue weighted by molar-refractivity contribution is 14.0. The van der Waals surface area contributed by atoms with Crippen molar-refractivity contribution < 1.29 is 9.53 Å². The number of aliphatic imine (C=N–C) groups is 1. The van der Waals surface area contributed by atoms with Gasteiger partial charge in [0, 0.05) is 33.1 Å². The number of amides is 1. The highest BCUT2D eigenvalue weighted by Crippen LogP contribution is 2.11. The van der Waals surface area contributed by atoms with Gasteiger partial charge in [0.15, 0.2) is 5.96 Å². The molecular weight excluding hydrogens is 479 g/mol. The summed E-state index contributed by atoms with van der Waals surface area (Å²) in [7, 11) is 3.48. The van der Waals surface area contributed by atoms with E-state index in [2.05, 4.69) is 15.6 Å². The second-order valence-electron chi connectivity index (χ2n) is 6.46. The van der Waals surface area contributed by atoms with Crippen molar-refractivity contribution in [2.45, 2.75) is 26.4 Å².